The van der Waals surface area contributed by atoms with Crippen molar-refractivity contribution in [2.24, 2.45) is 0 Å². The third-order valence-corrected chi connectivity index (χ3v) is 3.42. The molecule has 0 saturated carbocycles. The van der Waals surface area contributed by atoms with Crippen molar-refractivity contribution in [1.82, 2.24) is 30.8 Å². The Morgan fingerprint density at radius 3 is 2.73 bits per heavy atom. The van der Waals surface area contributed by atoms with Gasteiger partial charge in [-0.3, -0.25) is 19.7 Å². The number of aromatic nitrogens is 4. The van der Waals surface area contributed by atoms with Crippen molar-refractivity contribution < 1.29 is 9.59 Å². The molecule has 3 N–H and O–H groups in total. The van der Waals surface area contributed by atoms with Crippen molar-refractivity contribution in [1.29, 1.82) is 0 Å². The number of hydrogen-bond acceptors (Lipinski definition) is 6. The van der Waals surface area contributed by atoms with Crippen molar-refractivity contribution >= 4 is 23.6 Å². The molecule has 0 radical (unpaired) electrons. The van der Waals surface area contributed by atoms with Gasteiger partial charge in [0.2, 0.25) is 17.0 Å². The number of likely N-dealkylation sites (N-methyl/N-ethyl adjacent to an activating group) is 1. The minimum absolute atomic E-state index is 0.0243. The number of amides is 2. The first-order valence-electron chi connectivity index (χ1n) is 6.68. The number of thioether (sulfide) groups is 1. The van der Waals surface area contributed by atoms with Crippen LogP contribution in [-0.4, -0.2) is 50.8 Å². The molecule has 8 nitrogen and oxygen atoms in total. The van der Waals surface area contributed by atoms with Crippen LogP contribution in [0.5, 0.6) is 0 Å². The van der Waals surface area contributed by atoms with Crippen LogP contribution in [0.15, 0.2) is 29.7 Å². The van der Waals surface area contributed by atoms with Gasteiger partial charge in [-0.2, -0.15) is 0 Å². The summed E-state index contributed by atoms with van der Waals surface area (Å²) >= 11 is 1.20. The van der Waals surface area contributed by atoms with Crippen LogP contribution in [0.4, 0.5) is 0 Å². The van der Waals surface area contributed by atoms with E-state index in [1.54, 1.807) is 12.4 Å². The van der Waals surface area contributed by atoms with E-state index < -0.39 is 0 Å². The fourth-order valence-corrected chi connectivity index (χ4v) is 2.20. The molecule has 0 aromatic carbocycles. The van der Waals surface area contributed by atoms with Gasteiger partial charge in [0, 0.05) is 24.5 Å². The lowest BCUT2D eigenvalue weighted by atomic mass is 10.3. The molecular weight excluding hydrogens is 304 g/mol. The van der Waals surface area contributed by atoms with E-state index in [4.69, 9.17) is 0 Å². The SMILES string of the molecule is CCNC(=O)CNC(=O)CSc1n[nH]c(-c2ccncc2)n1. The molecule has 0 spiro atoms. The van der Waals surface area contributed by atoms with Gasteiger partial charge in [0.25, 0.3) is 0 Å². The van der Waals surface area contributed by atoms with Crippen molar-refractivity contribution in [3.63, 3.8) is 0 Å². The maximum Gasteiger partial charge on any atom is 0.239 e. The number of aromatic amines is 1. The number of nitrogens with zero attached hydrogens (tertiary/aromatic N) is 3. The van der Waals surface area contributed by atoms with E-state index in [2.05, 4.69) is 30.8 Å². The van der Waals surface area contributed by atoms with E-state index in [-0.39, 0.29) is 24.1 Å². The summed E-state index contributed by atoms with van der Waals surface area (Å²) in [5.41, 5.74) is 0.870. The molecule has 116 valence electrons. The molecule has 0 unspecified atom stereocenters. The number of hydrogen-bond donors (Lipinski definition) is 3. The molecule has 2 aromatic heterocycles. The Kier molecular flexibility index (Phi) is 5.90. The molecule has 0 saturated heterocycles. The zero-order chi connectivity index (χ0) is 15.8. The number of nitrogens with one attached hydrogen (secondary N) is 3. The maximum absolute atomic E-state index is 11.6. The van der Waals surface area contributed by atoms with Crippen LogP contribution in [0.2, 0.25) is 0 Å². The van der Waals surface area contributed by atoms with Gasteiger partial charge in [0.1, 0.15) is 0 Å². The van der Waals surface area contributed by atoms with Gasteiger partial charge in [-0.1, -0.05) is 11.8 Å². The molecule has 22 heavy (non-hydrogen) atoms. The van der Waals surface area contributed by atoms with Gasteiger partial charge in [-0.25, -0.2) is 4.98 Å². The highest BCUT2D eigenvalue weighted by atomic mass is 32.2. The van der Waals surface area contributed by atoms with Crippen LogP contribution in [0, 0.1) is 0 Å². The first-order valence-corrected chi connectivity index (χ1v) is 7.66. The highest BCUT2D eigenvalue weighted by Gasteiger charge is 2.09. The molecule has 0 aliphatic heterocycles. The summed E-state index contributed by atoms with van der Waals surface area (Å²) in [6.07, 6.45) is 3.33. The van der Waals surface area contributed by atoms with E-state index >= 15 is 0 Å². The predicted octanol–water partition coefficient (Wildman–Crippen LogP) is 0.211. The fourth-order valence-electron chi connectivity index (χ4n) is 1.57. The monoisotopic (exact) mass is 320 g/mol. The zero-order valence-electron chi connectivity index (χ0n) is 12.0. The van der Waals surface area contributed by atoms with Gasteiger partial charge >= 0.3 is 0 Å². The topological polar surface area (TPSA) is 113 Å². The summed E-state index contributed by atoms with van der Waals surface area (Å²) < 4.78 is 0. The van der Waals surface area contributed by atoms with E-state index in [1.807, 2.05) is 19.1 Å². The Morgan fingerprint density at radius 2 is 2.00 bits per heavy atom. The molecule has 2 amide bonds. The fraction of sp³-hybridized carbons (Fsp3) is 0.308. The zero-order valence-corrected chi connectivity index (χ0v) is 12.8. The number of H-pyrrole nitrogens is 1. The van der Waals surface area contributed by atoms with Crippen molar-refractivity contribution in [3.05, 3.63) is 24.5 Å². The summed E-state index contributed by atoms with van der Waals surface area (Å²) in [5.74, 6) is 0.311. The molecule has 2 rings (SSSR count). The quantitative estimate of drug-likeness (QED) is 0.629. The highest BCUT2D eigenvalue weighted by molar-refractivity contribution is 7.99. The Bertz CT molecular complexity index is 630. The number of carbonyl (C=O) groups is 2. The van der Waals surface area contributed by atoms with Gasteiger partial charge in [0.05, 0.1) is 12.3 Å². The smallest absolute Gasteiger partial charge is 0.239 e. The van der Waals surface area contributed by atoms with Crippen LogP contribution >= 0.6 is 11.8 Å². The van der Waals surface area contributed by atoms with Crippen LogP contribution in [-0.2, 0) is 9.59 Å². The molecule has 0 fully saturated rings. The summed E-state index contributed by atoms with van der Waals surface area (Å²) in [4.78, 5) is 31.0. The third-order valence-electron chi connectivity index (χ3n) is 2.57. The average molecular weight is 320 g/mol. The Morgan fingerprint density at radius 1 is 1.23 bits per heavy atom. The Hall–Kier alpha value is -2.42. The van der Waals surface area contributed by atoms with Crippen LogP contribution in [0.25, 0.3) is 11.4 Å². The molecule has 0 aliphatic rings. The molecule has 2 aromatic rings. The van der Waals surface area contributed by atoms with E-state index in [0.717, 1.165) is 5.56 Å². The van der Waals surface area contributed by atoms with Crippen molar-refractivity contribution in [3.8, 4) is 11.4 Å². The summed E-state index contributed by atoms with van der Waals surface area (Å²) in [7, 11) is 0. The third kappa shape index (κ3) is 4.85. The predicted molar refractivity (Wildman–Crippen MR) is 82.0 cm³/mol. The van der Waals surface area contributed by atoms with Gasteiger partial charge in [-0.05, 0) is 19.1 Å². The van der Waals surface area contributed by atoms with Gasteiger partial charge in [0.15, 0.2) is 5.82 Å². The van der Waals surface area contributed by atoms with Gasteiger partial charge in [-0.15, -0.1) is 5.10 Å². The lowest BCUT2D eigenvalue weighted by molar-refractivity contribution is -0.124. The van der Waals surface area contributed by atoms with Crippen LogP contribution in [0.3, 0.4) is 0 Å². The lowest BCUT2D eigenvalue weighted by Gasteiger charge is -2.03. The minimum Gasteiger partial charge on any atom is -0.355 e. The summed E-state index contributed by atoms with van der Waals surface area (Å²) in [5, 5.41) is 12.4. The van der Waals surface area contributed by atoms with E-state index in [9.17, 15) is 9.59 Å². The maximum atomic E-state index is 11.6. The first-order chi connectivity index (χ1) is 10.7. The second kappa shape index (κ2) is 8.13. The van der Waals surface area contributed by atoms with E-state index in [0.29, 0.717) is 17.5 Å². The van der Waals surface area contributed by atoms with E-state index in [1.165, 1.54) is 11.8 Å². The first kappa shape index (κ1) is 16.0. The van der Waals surface area contributed by atoms with Crippen LogP contribution in [0.1, 0.15) is 6.92 Å². The molecule has 9 heteroatoms. The second-order valence-electron chi connectivity index (χ2n) is 4.22. The lowest BCUT2D eigenvalue weighted by Crippen LogP contribution is -2.37. The standard InChI is InChI=1S/C13H16N6O2S/c1-2-15-10(20)7-16-11(21)8-22-13-17-12(18-19-13)9-3-5-14-6-4-9/h3-6H,2,7-8H2,1H3,(H,15,20)(H,16,21)(H,17,18,19). The Balaban J connectivity index is 1.79. The largest absolute Gasteiger partial charge is 0.355 e. The molecule has 2 heterocycles. The molecule has 0 atom stereocenters. The van der Waals surface area contributed by atoms with Gasteiger partial charge < -0.3 is 10.6 Å². The number of carbonyl (C=O) groups excluding carboxylic acids is 2. The summed E-state index contributed by atoms with van der Waals surface area (Å²) in [6, 6.07) is 3.63. The normalized spacial score (nSPS) is 10.2. The number of rotatable bonds is 7. The average Bonchev–Trinajstić information content (AvgIpc) is 3.01. The Labute approximate surface area is 131 Å². The number of pyridine rings is 1. The molecule has 0 bridgehead atoms. The summed E-state index contributed by atoms with van der Waals surface area (Å²) in [6.45, 7) is 2.33. The second-order valence-corrected chi connectivity index (χ2v) is 5.16. The molecule has 0 aliphatic carbocycles. The van der Waals surface area contributed by atoms with Crippen molar-refractivity contribution in [2.75, 3.05) is 18.8 Å². The highest BCUT2D eigenvalue weighted by Crippen LogP contribution is 2.17. The minimum atomic E-state index is -0.244. The van der Waals surface area contributed by atoms with Crippen LogP contribution < -0.4 is 10.6 Å². The molecular formula is C13H16N6O2S. The van der Waals surface area contributed by atoms with Crippen molar-refractivity contribution in [2.45, 2.75) is 12.1 Å².